The summed E-state index contributed by atoms with van der Waals surface area (Å²) >= 11 is 1.25. The smallest absolute Gasteiger partial charge is 0.272 e. The SMILES string of the molecule is COc1cccc(/C=C(\NC(=O)c2ccccc2)C(=O)Nc2ccc(SC3CC(=O)N(c4ccc(NC(C)=O)cc4)C3=O)cc2)c1OC. The Bertz CT molecular complexity index is 1880. The maximum Gasteiger partial charge on any atom is 0.272 e. The molecule has 5 rings (SSSR count). The summed E-state index contributed by atoms with van der Waals surface area (Å²) in [5.41, 5.74) is 2.27. The van der Waals surface area contributed by atoms with Crippen molar-refractivity contribution in [3.05, 3.63) is 114 Å². The Morgan fingerprint density at radius 1 is 0.812 bits per heavy atom. The molecule has 1 saturated heterocycles. The molecule has 0 spiro atoms. The molecular formula is C36H32N4O7S. The van der Waals surface area contributed by atoms with Crippen LogP contribution in [0.1, 0.15) is 29.3 Å². The third kappa shape index (κ3) is 7.91. The van der Waals surface area contributed by atoms with E-state index in [2.05, 4.69) is 16.0 Å². The number of benzene rings is 4. The van der Waals surface area contributed by atoms with Gasteiger partial charge in [0.15, 0.2) is 11.5 Å². The molecule has 1 heterocycles. The highest BCUT2D eigenvalue weighted by atomic mass is 32.2. The van der Waals surface area contributed by atoms with Gasteiger partial charge in [0.2, 0.25) is 17.7 Å². The summed E-state index contributed by atoms with van der Waals surface area (Å²) < 4.78 is 10.9. The second-order valence-electron chi connectivity index (χ2n) is 10.5. The van der Waals surface area contributed by atoms with Crippen molar-refractivity contribution >= 4 is 64.4 Å². The standard InChI is InChI=1S/C36H32N4O7S/c1-22(41)37-25-12-16-27(17-13-25)40-32(42)21-31(36(40)45)48-28-18-14-26(15-19-28)38-35(44)29(39-34(43)23-8-5-4-6-9-23)20-24-10-7-11-30(46-2)33(24)47-3/h4-20,31H,21H2,1-3H3,(H,37,41)(H,38,44)(H,39,43)/b29-20-. The number of hydrogen-bond donors (Lipinski definition) is 3. The molecule has 4 aromatic rings. The monoisotopic (exact) mass is 664 g/mol. The molecule has 0 aliphatic carbocycles. The molecule has 1 fully saturated rings. The normalized spacial score (nSPS) is 14.4. The fraction of sp³-hybridized carbons (Fsp3) is 0.139. The van der Waals surface area contributed by atoms with E-state index >= 15 is 0 Å². The highest BCUT2D eigenvalue weighted by Crippen LogP contribution is 2.35. The van der Waals surface area contributed by atoms with E-state index in [0.29, 0.717) is 39.7 Å². The predicted octanol–water partition coefficient (Wildman–Crippen LogP) is 5.50. The Labute approximate surface area is 281 Å². The van der Waals surface area contributed by atoms with Crippen LogP contribution in [0, 0.1) is 0 Å². The summed E-state index contributed by atoms with van der Waals surface area (Å²) in [6.45, 7) is 1.39. The summed E-state index contributed by atoms with van der Waals surface area (Å²) in [6, 6.07) is 27.0. The molecule has 12 heteroatoms. The van der Waals surface area contributed by atoms with Gasteiger partial charge < -0.3 is 25.4 Å². The number of methoxy groups -OCH3 is 2. The van der Waals surface area contributed by atoms with Crippen LogP contribution in [0.2, 0.25) is 0 Å². The number of rotatable bonds is 11. The fourth-order valence-electron chi connectivity index (χ4n) is 4.97. The Kier molecular flexibility index (Phi) is 10.6. The van der Waals surface area contributed by atoms with Gasteiger partial charge in [0.05, 0.1) is 25.2 Å². The van der Waals surface area contributed by atoms with E-state index in [0.717, 1.165) is 9.80 Å². The van der Waals surface area contributed by atoms with Gasteiger partial charge in [-0.3, -0.25) is 24.0 Å². The summed E-state index contributed by atoms with van der Waals surface area (Å²) in [5, 5.41) is 7.54. The van der Waals surface area contributed by atoms with Crippen molar-refractivity contribution in [3.63, 3.8) is 0 Å². The lowest BCUT2D eigenvalue weighted by Crippen LogP contribution is -2.31. The van der Waals surface area contributed by atoms with E-state index in [1.165, 1.54) is 39.0 Å². The van der Waals surface area contributed by atoms with Crippen molar-refractivity contribution in [1.29, 1.82) is 0 Å². The summed E-state index contributed by atoms with van der Waals surface area (Å²) in [4.78, 5) is 65.7. The van der Waals surface area contributed by atoms with Gasteiger partial charge in [-0.25, -0.2) is 4.90 Å². The van der Waals surface area contributed by atoms with Gasteiger partial charge in [-0.2, -0.15) is 0 Å². The molecule has 1 aliphatic heterocycles. The number of imide groups is 1. The average molecular weight is 665 g/mol. The van der Waals surface area contributed by atoms with Crippen LogP contribution in [-0.2, 0) is 19.2 Å². The molecular weight excluding hydrogens is 632 g/mol. The molecule has 11 nitrogen and oxygen atoms in total. The molecule has 3 N–H and O–H groups in total. The summed E-state index contributed by atoms with van der Waals surface area (Å²) in [5.74, 6) is -1.09. The second-order valence-corrected chi connectivity index (χ2v) is 11.8. The van der Waals surface area contributed by atoms with Crippen molar-refractivity contribution in [3.8, 4) is 11.5 Å². The molecule has 0 saturated carbocycles. The first-order valence-electron chi connectivity index (χ1n) is 14.8. The van der Waals surface area contributed by atoms with Crippen LogP contribution in [-0.4, -0.2) is 49.0 Å². The van der Waals surface area contributed by atoms with Crippen LogP contribution in [0.3, 0.4) is 0 Å². The minimum Gasteiger partial charge on any atom is -0.493 e. The van der Waals surface area contributed by atoms with E-state index in [1.807, 2.05) is 0 Å². The van der Waals surface area contributed by atoms with Crippen LogP contribution < -0.4 is 30.3 Å². The zero-order valence-electron chi connectivity index (χ0n) is 26.3. The molecule has 5 amide bonds. The van der Waals surface area contributed by atoms with E-state index in [-0.39, 0.29) is 29.8 Å². The van der Waals surface area contributed by atoms with Crippen LogP contribution in [0.25, 0.3) is 6.08 Å². The zero-order chi connectivity index (χ0) is 34.2. The lowest BCUT2D eigenvalue weighted by atomic mass is 10.1. The van der Waals surface area contributed by atoms with Crippen molar-refractivity contribution < 1.29 is 33.4 Å². The maximum absolute atomic E-state index is 13.5. The zero-order valence-corrected chi connectivity index (χ0v) is 27.1. The molecule has 1 aliphatic rings. The van der Waals surface area contributed by atoms with E-state index < -0.39 is 17.1 Å². The van der Waals surface area contributed by atoms with Crippen molar-refractivity contribution in [1.82, 2.24) is 5.32 Å². The minimum atomic E-state index is -0.631. The predicted molar refractivity (Wildman–Crippen MR) is 184 cm³/mol. The third-order valence-corrected chi connectivity index (χ3v) is 8.40. The van der Waals surface area contributed by atoms with Crippen molar-refractivity contribution in [2.24, 2.45) is 0 Å². The van der Waals surface area contributed by atoms with Gasteiger partial charge in [0, 0.05) is 40.7 Å². The molecule has 48 heavy (non-hydrogen) atoms. The number of thioether (sulfide) groups is 1. The molecule has 1 unspecified atom stereocenters. The number of para-hydroxylation sites is 1. The Balaban J connectivity index is 1.30. The fourth-order valence-corrected chi connectivity index (χ4v) is 6.02. The third-order valence-electron chi connectivity index (χ3n) is 7.20. The first kappa shape index (κ1) is 33.5. The van der Waals surface area contributed by atoms with Gasteiger partial charge >= 0.3 is 0 Å². The van der Waals surface area contributed by atoms with Gasteiger partial charge in [-0.15, -0.1) is 11.8 Å². The molecule has 0 aromatic heterocycles. The Morgan fingerprint density at radius 3 is 2.12 bits per heavy atom. The van der Waals surface area contributed by atoms with Crippen LogP contribution in [0.4, 0.5) is 17.1 Å². The van der Waals surface area contributed by atoms with Gasteiger partial charge in [0.1, 0.15) is 5.70 Å². The molecule has 0 radical (unpaired) electrons. The molecule has 0 bridgehead atoms. The average Bonchev–Trinajstić information content (AvgIpc) is 3.37. The minimum absolute atomic E-state index is 0.0262. The summed E-state index contributed by atoms with van der Waals surface area (Å²) in [6.07, 6.45) is 1.53. The highest BCUT2D eigenvalue weighted by Gasteiger charge is 2.40. The van der Waals surface area contributed by atoms with Crippen LogP contribution in [0.15, 0.2) is 108 Å². The molecule has 244 valence electrons. The van der Waals surface area contributed by atoms with E-state index in [4.69, 9.17) is 9.47 Å². The first-order chi connectivity index (χ1) is 23.2. The van der Waals surface area contributed by atoms with E-state index in [1.54, 1.807) is 97.1 Å². The Morgan fingerprint density at radius 2 is 1.48 bits per heavy atom. The number of hydrogen-bond acceptors (Lipinski definition) is 8. The molecule has 1 atom stereocenters. The van der Waals surface area contributed by atoms with Crippen molar-refractivity contribution in [2.45, 2.75) is 23.5 Å². The molecule has 4 aromatic carbocycles. The highest BCUT2D eigenvalue weighted by molar-refractivity contribution is 8.00. The quantitative estimate of drug-likeness (QED) is 0.141. The number of carbonyl (C=O) groups excluding carboxylic acids is 5. The first-order valence-corrected chi connectivity index (χ1v) is 15.7. The number of amides is 5. The number of nitrogens with zero attached hydrogens (tertiary/aromatic N) is 1. The number of ether oxygens (including phenoxy) is 2. The maximum atomic E-state index is 13.5. The van der Waals surface area contributed by atoms with Crippen LogP contribution >= 0.6 is 11.8 Å². The van der Waals surface area contributed by atoms with Gasteiger partial charge in [0.25, 0.3) is 11.8 Å². The summed E-state index contributed by atoms with van der Waals surface area (Å²) in [7, 11) is 2.99. The second kappa shape index (κ2) is 15.1. The van der Waals surface area contributed by atoms with Crippen molar-refractivity contribution in [2.75, 3.05) is 29.8 Å². The van der Waals surface area contributed by atoms with Gasteiger partial charge in [-0.1, -0.05) is 30.3 Å². The largest absolute Gasteiger partial charge is 0.493 e. The van der Waals surface area contributed by atoms with Gasteiger partial charge in [-0.05, 0) is 72.8 Å². The van der Waals surface area contributed by atoms with E-state index in [9.17, 15) is 24.0 Å². The van der Waals surface area contributed by atoms with Crippen LogP contribution in [0.5, 0.6) is 11.5 Å². The lowest BCUT2D eigenvalue weighted by Gasteiger charge is -2.16. The number of nitrogens with one attached hydrogen (secondary N) is 3. The Hall–Kier alpha value is -5.88. The lowest BCUT2D eigenvalue weighted by molar-refractivity contribution is -0.121. The number of carbonyl (C=O) groups is 5. The number of anilines is 3. The topological polar surface area (TPSA) is 143 Å².